The van der Waals surface area contributed by atoms with Crippen LogP contribution in [-0.4, -0.2) is 23.9 Å². The summed E-state index contributed by atoms with van der Waals surface area (Å²) >= 11 is 0. The van der Waals surface area contributed by atoms with Gasteiger partial charge in [-0.1, -0.05) is 61.5 Å². The molecule has 1 aliphatic rings. The normalized spacial score (nSPS) is 18.0. The van der Waals surface area contributed by atoms with E-state index in [0.29, 0.717) is 11.1 Å². The van der Waals surface area contributed by atoms with Crippen molar-refractivity contribution in [2.75, 3.05) is 7.11 Å². The zero-order chi connectivity index (χ0) is 20.9. The maximum atomic E-state index is 12.7. The fourth-order valence-electron chi connectivity index (χ4n) is 3.57. The van der Waals surface area contributed by atoms with Gasteiger partial charge in [-0.05, 0) is 28.8 Å². The second kappa shape index (κ2) is 8.57. The van der Waals surface area contributed by atoms with Crippen molar-refractivity contribution >= 4 is 24.0 Å². The summed E-state index contributed by atoms with van der Waals surface area (Å²) in [6.07, 6.45) is 5.41. The number of esters is 1. The Morgan fingerprint density at radius 1 is 1.14 bits per heavy atom. The maximum absolute atomic E-state index is 12.7. The summed E-state index contributed by atoms with van der Waals surface area (Å²) in [5.41, 5.74) is 1.33. The smallest absolute Gasteiger partial charge is 0.333 e. The first kappa shape index (κ1) is 20.1. The largest absolute Gasteiger partial charge is 0.466 e. The number of benzene rings is 2. The Morgan fingerprint density at radius 3 is 2.48 bits per heavy atom. The Balaban J connectivity index is 2.17. The summed E-state index contributed by atoms with van der Waals surface area (Å²) in [6, 6.07) is 19.1. The van der Waals surface area contributed by atoms with Crippen LogP contribution in [0.1, 0.15) is 36.5 Å². The molecule has 5 heteroatoms. The molecule has 3 rings (SSSR count). The molecule has 1 aliphatic heterocycles. The van der Waals surface area contributed by atoms with E-state index in [-0.39, 0.29) is 18.7 Å². The fraction of sp³-hybridized carbons (Fsp3) is 0.208. The highest BCUT2D eigenvalue weighted by atomic mass is 16.5. The number of nitrogens with zero attached hydrogens (tertiary/aromatic N) is 2. The van der Waals surface area contributed by atoms with Crippen molar-refractivity contribution in [1.29, 1.82) is 5.26 Å². The van der Waals surface area contributed by atoms with E-state index in [0.717, 1.165) is 11.1 Å². The van der Waals surface area contributed by atoms with Crippen LogP contribution in [0.25, 0.3) is 12.2 Å². The van der Waals surface area contributed by atoms with Crippen LogP contribution in [-0.2, 0) is 19.9 Å². The highest BCUT2D eigenvalue weighted by Gasteiger charge is 2.45. The molecule has 0 aliphatic carbocycles. The molecular weight excluding hydrogens is 364 g/mol. The lowest BCUT2D eigenvalue weighted by Gasteiger charge is -2.40. The summed E-state index contributed by atoms with van der Waals surface area (Å²) in [7, 11) is 1.31. The number of hydrogen-bond donors (Lipinski definition) is 0. The first-order valence-corrected chi connectivity index (χ1v) is 9.40. The topological polar surface area (TPSA) is 70.4 Å². The molecule has 146 valence electrons. The van der Waals surface area contributed by atoms with Crippen LogP contribution in [0.5, 0.6) is 0 Å². The molecule has 1 heterocycles. The molecule has 1 amide bonds. The quantitative estimate of drug-likeness (QED) is 0.568. The van der Waals surface area contributed by atoms with E-state index >= 15 is 0 Å². The number of carbonyl (C=O) groups excluding carboxylic acids is 2. The van der Waals surface area contributed by atoms with Crippen LogP contribution >= 0.6 is 0 Å². The molecule has 0 aromatic heterocycles. The number of ether oxygens (including phenoxy) is 1. The van der Waals surface area contributed by atoms with Crippen LogP contribution in [0.15, 0.2) is 66.4 Å². The Kier molecular flexibility index (Phi) is 5.94. The molecule has 0 radical (unpaired) electrons. The van der Waals surface area contributed by atoms with Crippen LogP contribution < -0.4 is 0 Å². The molecule has 1 unspecified atom stereocenters. The van der Waals surface area contributed by atoms with Gasteiger partial charge in [-0.2, -0.15) is 5.26 Å². The average Bonchev–Trinajstić information content (AvgIpc) is 2.78. The zero-order valence-corrected chi connectivity index (χ0v) is 16.5. The number of amides is 1. The van der Waals surface area contributed by atoms with Crippen molar-refractivity contribution in [3.8, 4) is 6.07 Å². The molecule has 0 spiro atoms. The molecular formula is C24H22N2O3. The van der Waals surface area contributed by atoms with E-state index in [1.165, 1.54) is 12.0 Å². The first-order chi connectivity index (χ1) is 14.1. The molecule has 0 N–H and O–H groups in total. The van der Waals surface area contributed by atoms with Gasteiger partial charge in [0.1, 0.15) is 0 Å². The molecule has 5 nitrogen and oxygen atoms in total. The van der Waals surface area contributed by atoms with Crippen molar-refractivity contribution in [3.05, 3.63) is 83.1 Å². The second-order valence-electron chi connectivity index (χ2n) is 6.74. The second-order valence-corrected chi connectivity index (χ2v) is 6.74. The minimum atomic E-state index is -1.34. The Labute approximate surface area is 170 Å². The Hall–Kier alpha value is -3.65. The lowest BCUT2D eigenvalue weighted by molar-refractivity contribution is -0.137. The van der Waals surface area contributed by atoms with Gasteiger partial charge < -0.3 is 4.74 Å². The van der Waals surface area contributed by atoms with Gasteiger partial charge in [0.15, 0.2) is 5.54 Å². The van der Waals surface area contributed by atoms with Gasteiger partial charge in [0.25, 0.3) is 0 Å². The minimum Gasteiger partial charge on any atom is -0.466 e. The fourth-order valence-corrected chi connectivity index (χ4v) is 3.57. The molecule has 2 aromatic carbocycles. The summed E-state index contributed by atoms with van der Waals surface area (Å²) in [5.74, 6) is -0.722. The maximum Gasteiger partial charge on any atom is 0.333 e. The lowest BCUT2D eigenvalue weighted by atomic mass is 9.78. The van der Waals surface area contributed by atoms with Crippen molar-refractivity contribution in [2.45, 2.75) is 25.3 Å². The number of methoxy groups -OCH3 is 1. The number of fused-ring (bicyclic) bond motifs is 1. The summed E-state index contributed by atoms with van der Waals surface area (Å²) < 4.78 is 4.99. The van der Waals surface area contributed by atoms with Gasteiger partial charge in [-0.3, -0.25) is 9.69 Å². The number of carbonyl (C=O) groups is 2. The van der Waals surface area contributed by atoms with E-state index in [4.69, 9.17) is 4.74 Å². The highest BCUT2D eigenvalue weighted by molar-refractivity contribution is 5.94. The number of hydrogen-bond acceptors (Lipinski definition) is 4. The van der Waals surface area contributed by atoms with E-state index in [2.05, 4.69) is 6.07 Å². The van der Waals surface area contributed by atoms with Gasteiger partial charge in [0.2, 0.25) is 5.91 Å². The van der Waals surface area contributed by atoms with Crippen molar-refractivity contribution in [3.63, 3.8) is 0 Å². The van der Waals surface area contributed by atoms with Gasteiger partial charge in [-0.25, -0.2) is 4.79 Å². The van der Waals surface area contributed by atoms with Crippen LogP contribution in [0, 0.1) is 11.3 Å². The monoisotopic (exact) mass is 386 g/mol. The molecule has 1 atom stereocenters. The predicted octanol–water partition coefficient (Wildman–Crippen LogP) is 4.28. The van der Waals surface area contributed by atoms with E-state index < -0.39 is 11.5 Å². The van der Waals surface area contributed by atoms with E-state index in [1.54, 1.807) is 19.2 Å². The van der Waals surface area contributed by atoms with Crippen LogP contribution in [0.4, 0.5) is 0 Å². The molecule has 0 saturated carbocycles. The van der Waals surface area contributed by atoms with Crippen molar-refractivity contribution in [1.82, 2.24) is 4.90 Å². The van der Waals surface area contributed by atoms with Crippen molar-refractivity contribution in [2.24, 2.45) is 0 Å². The molecule has 2 aromatic rings. The summed E-state index contributed by atoms with van der Waals surface area (Å²) in [6.45, 7) is 1.75. The van der Waals surface area contributed by atoms with Gasteiger partial charge in [0.05, 0.1) is 13.2 Å². The predicted molar refractivity (Wildman–Crippen MR) is 111 cm³/mol. The Morgan fingerprint density at radius 2 is 1.83 bits per heavy atom. The summed E-state index contributed by atoms with van der Waals surface area (Å²) in [4.78, 5) is 26.7. The average molecular weight is 386 g/mol. The van der Waals surface area contributed by atoms with Crippen LogP contribution in [0.2, 0.25) is 0 Å². The molecule has 0 bridgehead atoms. The molecule has 0 saturated heterocycles. The third-order valence-electron chi connectivity index (χ3n) is 5.01. The third-order valence-corrected chi connectivity index (χ3v) is 5.01. The third kappa shape index (κ3) is 3.83. The van der Waals surface area contributed by atoms with Crippen LogP contribution in [0.3, 0.4) is 0 Å². The summed E-state index contributed by atoms with van der Waals surface area (Å²) in [5, 5.41) is 10.3. The minimum absolute atomic E-state index is 0.0121. The van der Waals surface area contributed by atoms with E-state index in [9.17, 15) is 14.9 Å². The standard InChI is InChI=1S/C24H22N2O3/c1-3-22(27)26-14-13-19-11-7-8-12-21(19)24(26,17-25)16-20(23(28)29-2)15-18-9-5-4-6-10-18/h4-15H,3,16H2,1-2H3/b20-15+. The highest BCUT2D eigenvalue weighted by Crippen LogP contribution is 2.41. The lowest BCUT2D eigenvalue weighted by Crippen LogP contribution is -2.48. The first-order valence-electron chi connectivity index (χ1n) is 9.40. The number of rotatable bonds is 5. The van der Waals surface area contributed by atoms with E-state index in [1.807, 2.05) is 60.7 Å². The number of nitriles is 1. The van der Waals surface area contributed by atoms with Gasteiger partial charge in [0, 0.05) is 24.6 Å². The van der Waals surface area contributed by atoms with Gasteiger partial charge >= 0.3 is 5.97 Å². The Bertz CT molecular complexity index is 1020. The SMILES string of the molecule is CCC(=O)N1C=Cc2ccccc2C1(C#N)C/C(=C\c1ccccc1)C(=O)OC. The molecule has 29 heavy (non-hydrogen) atoms. The molecule has 0 fully saturated rings. The van der Waals surface area contributed by atoms with Gasteiger partial charge in [-0.15, -0.1) is 0 Å². The zero-order valence-electron chi connectivity index (χ0n) is 16.5. The van der Waals surface area contributed by atoms with Crippen molar-refractivity contribution < 1.29 is 14.3 Å².